The Bertz CT molecular complexity index is 500. The summed E-state index contributed by atoms with van der Waals surface area (Å²) in [5, 5.41) is 0. The molecule has 1 aromatic rings. The first-order valence-electron chi connectivity index (χ1n) is 3.67. The number of nitrogens with one attached hydrogen (secondary N) is 1. The van der Waals surface area contributed by atoms with Gasteiger partial charge in [-0.05, 0) is 40.8 Å². The van der Waals surface area contributed by atoms with Crippen LogP contribution >= 0.6 is 22.6 Å². The Labute approximate surface area is 102 Å². The minimum absolute atomic E-state index is 0.435. The molecule has 0 unspecified atom stereocenters. The third-order valence-corrected chi connectivity index (χ3v) is 3.25. The van der Waals surface area contributed by atoms with Crippen molar-refractivity contribution in [3.63, 3.8) is 0 Å². The lowest BCUT2D eigenvalue weighted by molar-refractivity contribution is -0.0429. The molecule has 1 rings (SSSR count). The van der Waals surface area contributed by atoms with E-state index in [2.05, 4.69) is 0 Å². The molecule has 0 aromatic heterocycles. The molecule has 0 atom stereocenters. The standard InChI is InChI=1S/C7H4F4INO2S/c8-5-3-4(12)1-2-6(5)13-16(14,15)7(9,10)11/h1-3,13H. The van der Waals surface area contributed by atoms with Gasteiger partial charge in [-0.3, -0.25) is 4.72 Å². The molecule has 1 aromatic carbocycles. The number of rotatable bonds is 2. The first-order valence-corrected chi connectivity index (χ1v) is 6.24. The van der Waals surface area contributed by atoms with Crippen molar-refractivity contribution in [1.29, 1.82) is 0 Å². The predicted octanol–water partition coefficient (Wildman–Crippen LogP) is 2.69. The van der Waals surface area contributed by atoms with Gasteiger partial charge in [-0.2, -0.15) is 21.6 Å². The summed E-state index contributed by atoms with van der Waals surface area (Å²) < 4.78 is 71.8. The lowest BCUT2D eigenvalue weighted by atomic mass is 10.3. The summed E-state index contributed by atoms with van der Waals surface area (Å²) in [7, 11) is -5.58. The molecule has 90 valence electrons. The van der Waals surface area contributed by atoms with E-state index >= 15 is 0 Å². The molecular weight excluding hydrogens is 365 g/mol. The fraction of sp³-hybridized carbons (Fsp3) is 0.143. The lowest BCUT2D eigenvalue weighted by Gasteiger charge is -2.11. The summed E-state index contributed by atoms with van der Waals surface area (Å²) in [6, 6.07) is 3.10. The van der Waals surface area contributed by atoms with Crippen LogP contribution in [0.5, 0.6) is 0 Å². The normalized spacial score (nSPS) is 12.6. The molecular formula is C7H4F4INO2S. The SMILES string of the molecule is O=S(=O)(Nc1ccc(I)cc1F)C(F)(F)F. The summed E-state index contributed by atoms with van der Waals surface area (Å²) in [5.41, 5.74) is -6.21. The number of halogens is 5. The fourth-order valence-electron chi connectivity index (χ4n) is 0.775. The second kappa shape index (κ2) is 4.35. The average Bonchev–Trinajstić information content (AvgIpc) is 2.08. The molecule has 0 saturated heterocycles. The fourth-order valence-corrected chi connectivity index (χ4v) is 1.80. The predicted molar refractivity (Wildman–Crippen MR) is 57.7 cm³/mol. The van der Waals surface area contributed by atoms with Crippen molar-refractivity contribution in [2.45, 2.75) is 5.51 Å². The van der Waals surface area contributed by atoms with Crippen LogP contribution in [-0.4, -0.2) is 13.9 Å². The van der Waals surface area contributed by atoms with Crippen molar-refractivity contribution in [2.24, 2.45) is 0 Å². The Morgan fingerprint density at radius 3 is 2.25 bits per heavy atom. The van der Waals surface area contributed by atoms with Gasteiger partial charge in [-0.1, -0.05) is 0 Å². The van der Waals surface area contributed by atoms with E-state index in [0.29, 0.717) is 3.57 Å². The molecule has 16 heavy (non-hydrogen) atoms. The van der Waals surface area contributed by atoms with E-state index in [4.69, 9.17) is 0 Å². The highest BCUT2D eigenvalue weighted by Gasteiger charge is 2.46. The maximum absolute atomic E-state index is 13.1. The molecule has 0 heterocycles. The number of alkyl halides is 3. The maximum Gasteiger partial charge on any atom is 0.516 e. The van der Waals surface area contributed by atoms with E-state index in [1.165, 1.54) is 6.07 Å². The highest BCUT2D eigenvalue weighted by atomic mass is 127. The first-order chi connectivity index (χ1) is 7.13. The molecule has 3 nitrogen and oxygen atoms in total. The Morgan fingerprint density at radius 1 is 1.25 bits per heavy atom. The molecule has 0 aliphatic heterocycles. The van der Waals surface area contributed by atoms with Gasteiger partial charge in [-0.15, -0.1) is 0 Å². The number of hydrogen-bond acceptors (Lipinski definition) is 2. The number of sulfonamides is 1. The Balaban J connectivity index is 3.07. The highest BCUT2D eigenvalue weighted by molar-refractivity contribution is 14.1. The Kier molecular flexibility index (Phi) is 3.67. The van der Waals surface area contributed by atoms with Gasteiger partial charge in [0.15, 0.2) is 0 Å². The molecule has 0 aliphatic carbocycles. The van der Waals surface area contributed by atoms with Crippen molar-refractivity contribution >= 4 is 38.3 Å². The number of hydrogen-bond donors (Lipinski definition) is 1. The van der Waals surface area contributed by atoms with Gasteiger partial charge in [0.2, 0.25) is 0 Å². The molecule has 0 radical (unpaired) electrons. The molecule has 0 fully saturated rings. The Hall–Kier alpha value is -0.580. The van der Waals surface area contributed by atoms with Crippen LogP contribution < -0.4 is 4.72 Å². The molecule has 0 amide bonds. The second-order valence-corrected chi connectivity index (χ2v) is 5.59. The number of benzene rings is 1. The summed E-state index contributed by atoms with van der Waals surface area (Å²) in [6.45, 7) is 0. The number of anilines is 1. The van der Waals surface area contributed by atoms with Gasteiger partial charge in [0.05, 0.1) is 5.69 Å². The summed E-state index contributed by atoms with van der Waals surface area (Å²) in [4.78, 5) is 0. The van der Waals surface area contributed by atoms with Gasteiger partial charge in [0.25, 0.3) is 0 Å². The van der Waals surface area contributed by atoms with Crippen LogP contribution in [0.25, 0.3) is 0 Å². The summed E-state index contributed by atoms with van der Waals surface area (Å²) >= 11 is 1.74. The zero-order chi connectivity index (χ0) is 12.6. The van der Waals surface area contributed by atoms with Crippen molar-refractivity contribution in [2.75, 3.05) is 4.72 Å². The third-order valence-electron chi connectivity index (χ3n) is 1.48. The summed E-state index contributed by atoms with van der Waals surface area (Å²) in [6.07, 6.45) is 0. The monoisotopic (exact) mass is 369 g/mol. The van der Waals surface area contributed by atoms with E-state index in [-0.39, 0.29) is 0 Å². The van der Waals surface area contributed by atoms with Crippen LogP contribution in [0.1, 0.15) is 0 Å². The molecule has 0 aliphatic rings. The van der Waals surface area contributed by atoms with E-state index in [0.717, 1.165) is 16.9 Å². The molecule has 0 saturated carbocycles. The van der Waals surface area contributed by atoms with Gasteiger partial charge < -0.3 is 0 Å². The summed E-state index contributed by atoms with van der Waals surface area (Å²) in [5.74, 6) is -1.07. The lowest BCUT2D eigenvalue weighted by Crippen LogP contribution is -2.30. The minimum Gasteiger partial charge on any atom is -0.273 e. The molecule has 9 heteroatoms. The van der Waals surface area contributed by atoms with E-state index in [1.807, 2.05) is 0 Å². The molecule has 0 spiro atoms. The maximum atomic E-state index is 13.1. The highest BCUT2D eigenvalue weighted by Crippen LogP contribution is 2.26. The molecule has 1 N–H and O–H groups in total. The van der Waals surface area contributed by atoms with Gasteiger partial charge in [0, 0.05) is 3.57 Å². The second-order valence-electron chi connectivity index (χ2n) is 2.68. The zero-order valence-electron chi connectivity index (χ0n) is 7.35. The zero-order valence-corrected chi connectivity index (χ0v) is 10.3. The first kappa shape index (κ1) is 13.5. The van der Waals surface area contributed by atoms with Crippen LogP contribution in [-0.2, 0) is 10.0 Å². The van der Waals surface area contributed by atoms with Crippen molar-refractivity contribution < 1.29 is 26.0 Å². The largest absolute Gasteiger partial charge is 0.516 e. The third kappa shape index (κ3) is 2.97. The van der Waals surface area contributed by atoms with Crippen LogP contribution in [0.4, 0.5) is 23.2 Å². The van der Waals surface area contributed by atoms with E-state index in [1.54, 1.807) is 22.6 Å². The van der Waals surface area contributed by atoms with Crippen LogP contribution in [0.2, 0.25) is 0 Å². The average molecular weight is 369 g/mol. The minimum atomic E-state index is -5.58. The topological polar surface area (TPSA) is 46.2 Å². The van der Waals surface area contributed by atoms with Crippen LogP contribution in [0, 0.1) is 9.39 Å². The van der Waals surface area contributed by atoms with Gasteiger partial charge in [-0.25, -0.2) is 4.39 Å². The smallest absolute Gasteiger partial charge is 0.273 e. The van der Waals surface area contributed by atoms with Gasteiger partial charge in [0.1, 0.15) is 5.82 Å². The van der Waals surface area contributed by atoms with E-state index < -0.39 is 27.0 Å². The molecule has 0 bridgehead atoms. The quantitative estimate of drug-likeness (QED) is 0.644. The Morgan fingerprint density at radius 2 is 1.81 bits per heavy atom. The van der Waals surface area contributed by atoms with Crippen molar-refractivity contribution in [1.82, 2.24) is 0 Å². The van der Waals surface area contributed by atoms with Crippen molar-refractivity contribution in [3.8, 4) is 0 Å². The van der Waals surface area contributed by atoms with E-state index in [9.17, 15) is 26.0 Å². The van der Waals surface area contributed by atoms with Crippen LogP contribution in [0.15, 0.2) is 18.2 Å². The van der Waals surface area contributed by atoms with Crippen molar-refractivity contribution in [3.05, 3.63) is 27.6 Å². The van der Waals surface area contributed by atoms with Crippen LogP contribution in [0.3, 0.4) is 0 Å². The van der Waals surface area contributed by atoms with Gasteiger partial charge >= 0.3 is 15.5 Å².